The van der Waals surface area contributed by atoms with E-state index < -0.39 is 0 Å². The standard InChI is InChI=1S/C13H12Cl2OS/c1-8-7-17-13(11(8)14)12(15)9-3-5-10(16-2)6-4-9/h3-7,12H,1-2H3. The van der Waals surface area contributed by atoms with E-state index in [2.05, 4.69) is 0 Å². The van der Waals surface area contributed by atoms with E-state index in [1.807, 2.05) is 36.6 Å². The van der Waals surface area contributed by atoms with Gasteiger partial charge in [-0.3, -0.25) is 0 Å². The van der Waals surface area contributed by atoms with Gasteiger partial charge in [-0.05, 0) is 35.6 Å². The molecule has 0 saturated heterocycles. The van der Waals surface area contributed by atoms with Crippen LogP contribution in [0, 0.1) is 6.92 Å². The van der Waals surface area contributed by atoms with E-state index in [9.17, 15) is 0 Å². The van der Waals surface area contributed by atoms with Crippen molar-refractivity contribution in [2.45, 2.75) is 12.3 Å². The first kappa shape index (κ1) is 12.7. The van der Waals surface area contributed by atoms with E-state index >= 15 is 0 Å². The largest absolute Gasteiger partial charge is 0.497 e. The average molecular weight is 287 g/mol. The summed E-state index contributed by atoms with van der Waals surface area (Å²) in [5, 5.41) is 2.59. The molecule has 0 saturated carbocycles. The smallest absolute Gasteiger partial charge is 0.118 e. The predicted molar refractivity (Wildman–Crippen MR) is 74.8 cm³/mol. The lowest BCUT2D eigenvalue weighted by Crippen LogP contribution is -1.91. The molecule has 0 amide bonds. The maximum absolute atomic E-state index is 6.43. The molecule has 2 aromatic rings. The van der Waals surface area contributed by atoms with Gasteiger partial charge in [-0.25, -0.2) is 0 Å². The minimum Gasteiger partial charge on any atom is -0.497 e. The highest BCUT2D eigenvalue weighted by Gasteiger charge is 2.17. The molecular weight excluding hydrogens is 275 g/mol. The van der Waals surface area contributed by atoms with Gasteiger partial charge < -0.3 is 4.74 Å². The second-order valence-corrected chi connectivity index (χ2v) is 5.46. The molecule has 2 rings (SSSR count). The Morgan fingerprint density at radius 3 is 2.35 bits per heavy atom. The molecule has 4 heteroatoms. The van der Waals surface area contributed by atoms with E-state index in [0.717, 1.165) is 26.8 Å². The number of hydrogen-bond acceptors (Lipinski definition) is 2. The topological polar surface area (TPSA) is 9.23 Å². The summed E-state index contributed by atoms with van der Waals surface area (Å²) in [5.74, 6) is 0.825. The first-order chi connectivity index (χ1) is 8.13. The third-order valence-corrected chi connectivity index (χ3v) is 4.94. The maximum Gasteiger partial charge on any atom is 0.118 e. The number of thiophene rings is 1. The van der Waals surface area contributed by atoms with Gasteiger partial charge in [0.15, 0.2) is 0 Å². The zero-order chi connectivity index (χ0) is 12.4. The highest BCUT2D eigenvalue weighted by atomic mass is 35.5. The molecule has 17 heavy (non-hydrogen) atoms. The average Bonchev–Trinajstić information content (AvgIpc) is 2.69. The van der Waals surface area contributed by atoms with Crippen LogP contribution in [0.15, 0.2) is 29.6 Å². The minimum atomic E-state index is -0.202. The number of benzene rings is 1. The van der Waals surface area contributed by atoms with Crippen LogP contribution in [-0.2, 0) is 0 Å². The lowest BCUT2D eigenvalue weighted by atomic mass is 10.1. The summed E-state index contributed by atoms with van der Waals surface area (Å²) in [6.07, 6.45) is 0. The van der Waals surface area contributed by atoms with Gasteiger partial charge in [-0.15, -0.1) is 22.9 Å². The molecule has 0 aliphatic rings. The monoisotopic (exact) mass is 286 g/mol. The van der Waals surface area contributed by atoms with Gasteiger partial charge in [0.25, 0.3) is 0 Å². The van der Waals surface area contributed by atoms with E-state index in [4.69, 9.17) is 27.9 Å². The summed E-state index contributed by atoms with van der Waals surface area (Å²) in [5.41, 5.74) is 2.10. The lowest BCUT2D eigenvalue weighted by molar-refractivity contribution is 0.414. The van der Waals surface area contributed by atoms with E-state index in [1.54, 1.807) is 18.4 Å². The van der Waals surface area contributed by atoms with Crippen LogP contribution >= 0.6 is 34.5 Å². The van der Waals surface area contributed by atoms with Gasteiger partial charge in [0.2, 0.25) is 0 Å². The minimum absolute atomic E-state index is 0.202. The van der Waals surface area contributed by atoms with Crippen LogP contribution in [0.2, 0.25) is 5.02 Å². The molecule has 1 heterocycles. The Balaban J connectivity index is 2.30. The summed E-state index contributed by atoms with van der Waals surface area (Å²) in [7, 11) is 1.65. The lowest BCUT2D eigenvalue weighted by Gasteiger charge is -2.09. The van der Waals surface area contributed by atoms with Crippen LogP contribution in [0.1, 0.15) is 21.4 Å². The molecule has 0 spiro atoms. The summed E-state index contributed by atoms with van der Waals surface area (Å²) in [4.78, 5) is 0.996. The zero-order valence-electron chi connectivity index (χ0n) is 9.54. The quantitative estimate of drug-likeness (QED) is 0.718. The van der Waals surface area contributed by atoms with Crippen molar-refractivity contribution in [1.82, 2.24) is 0 Å². The number of aryl methyl sites for hydroxylation is 1. The van der Waals surface area contributed by atoms with Crippen LogP contribution in [0.4, 0.5) is 0 Å². The first-order valence-corrected chi connectivity index (χ1v) is 6.84. The van der Waals surface area contributed by atoms with E-state index in [0.29, 0.717) is 0 Å². The Hall–Kier alpha value is -0.700. The fourth-order valence-electron chi connectivity index (χ4n) is 1.54. The number of methoxy groups -OCH3 is 1. The fourth-order valence-corrected chi connectivity index (χ4v) is 3.31. The Morgan fingerprint density at radius 1 is 1.24 bits per heavy atom. The van der Waals surface area contributed by atoms with Crippen molar-refractivity contribution < 1.29 is 4.74 Å². The Labute approximate surface area is 115 Å². The third kappa shape index (κ3) is 2.59. The number of rotatable bonds is 3. The zero-order valence-corrected chi connectivity index (χ0v) is 11.9. The van der Waals surface area contributed by atoms with Gasteiger partial charge in [0.05, 0.1) is 17.5 Å². The van der Waals surface area contributed by atoms with Crippen molar-refractivity contribution in [3.05, 3.63) is 50.7 Å². The van der Waals surface area contributed by atoms with Crippen molar-refractivity contribution in [1.29, 1.82) is 0 Å². The molecule has 0 N–H and O–H groups in total. The van der Waals surface area contributed by atoms with Crippen molar-refractivity contribution in [3.63, 3.8) is 0 Å². The van der Waals surface area contributed by atoms with Crippen LogP contribution in [-0.4, -0.2) is 7.11 Å². The van der Waals surface area contributed by atoms with Gasteiger partial charge >= 0.3 is 0 Å². The van der Waals surface area contributed by atoms with Gasteiger partial charge in [-0.1, -0.05) is 23.7 Å². The number of halogens is 2. The third-order valence-electron chi connectivity index (χ3n) is 2.56. The molecule has 1 atom stereocenters. The van der Waals surface area contributed by atoms with Crippen molar-refractivity contribution in [3.8, 4) is 5.75 Å². The Morgan fingerprint density at radius 2 is 1.88 bits per heavy atom. The summed E-state index contributed by atoms with van der Waals surface area (Å²) in [6, 6.07) is 7.72. The first-order valence-electron chi connectivity index (χ1n) is 5.15. The molecule has 1 unspecified atom stereocenters. The maximum atomic E-state index is 6.43. The SMILES string of the molecule is COc1ccc(C(Cl)c2scc(C)c2Cl)cc1. The fraction of sp³-hybridized carbons (Fsp3) is 0.231. The van der Waals surface area contributed by atoms with E-state index in [-0.39, 0.29) is 5.38 Å². The molecule has 0 aliphatic heterocycles. The second kappa shape index (κ2) is 5.30. The molecular formula is C13H12Cl2OS. The normalized spacial score (nSPS) is 12.5. The molecule has 1 aromatic heterocycles. The van der Waals surface area contributed by atoms with Gasteiger partial charge in [0.1, 0.15) is 5.75 Å². The second-order valence-electron chi connectivity index (χ2n) is 3.73. The highest BCUT2D eigenvalue weighted by molar-refractivity contribution is 7.11. The molecule has 0 fully saturated rings. The Kier molecular flexibility index (Phi) is 3.97. The van der Waals surface area contributed by atoms with Crippen molar-refractivity contribution in [2.24, 2.45) is 0 Å². The van der Waals surface area contributed by atoms with Gasteiger partial charge in [-0.2, -0.15) is 0 Å². The Bertz CT molecular complexity index is 505. The number of alkyl halides is 1. The molecule has 1 nitrogen and oxygen atoms in total. The van der Waals surface area contributed by atoms with Crippen LogP contribution in [0.3, 0.4) is 0 Å². The molecule has 90 valence electrons. The summed E-state index contributed by atoms with van der Waals surface area (Å²) in [6.45, 7) is 1.99. The van der Waals surface area contributed by atoms with Gasteiger partial charge in [0, 0.05) is 4.88 Å². The van der Waals surface area contributed by atoms with Crippen LogP contribution in [0.5, 0.6) is 5.75 Å². The molecule has 0 aliphatic carbocycles. The predicted octanol–water partition coefficient (Wildman–Crippen LogP) is 5.05. The van der Waals surface area contributed by atoms with Crippen LogP contribution < -0.4 is 4.74 Å². The molecule has 0 radical (unpaired) electrons. The number of hydrogen-bond donors (Lipinski definition) is 0. The number of ether oxygens (including phenoxy) is 1. The van der Waals surface area contributed by atoms with E-state index in [1.165, 1.54) is 0 Å². The summed E-state index contributed by atoms with van der Waals surface area (Å²) >= 11 is 14.2. The molecule has 0 bridgehead atoms. The molecule has 1 aromatic carbocycles. The van der Waals surface area contributed by atoms with Crippen LogP contribution in [0.25, 0.3) is 0 Å². The van der Waals surface area contributed by atoms with Crippen molar-refractivity contribution >= 4 is 34.5 Å². The summed E-state index contributed by atoms with van der Waals surface area (Å²) < 4.78 is 5.12. The van der Waals surface area contributed by atoms with Crippen molar-refractivity contribution in [2.75, 3.05) is 7.11 Å². The highest BCUT2D eigenvalue weighted by Crippen LogP contribution is 2.39.